The number of furan rings is 1. The van der Waals surface area contributed by atoms with E-state index < -0.39 is 0 Å². The van der Waals surface area contributed by atoms with E-state index in [0.717, 1.165) is 51.5 Å². The van der Waals surface area contributed by atoms with E-state index in [1.807, 2.05) is 6.07 Å². The molecule has 1 saturated heterocycles. The average Bonchev–Trinajstić information content (AvgIpc) is 3.21. The largest absolute Gasteiger partial charge is 0.464 e. The van der Waals surface area contributed by atoms with Crippen molar-refractivity contribution in [1.29, 1.82) is 0 Å². The summed E-state index contributed by atoms with van der Waals surface area (Å²) >= 11 is 0. The lowest BCUT2D eigenvalue weighted by molar-refractivity contribution is 0.0357. The van der Waals surface area contributed by atoms with Crippen LogP contribution >= 0.6 is 0 Å². The van der Waals surface area contributed by atoms with E-state index >= 15 is 0 Å². The van der Waals surface area contributed by atoms with E-state index in [1.54, 1.807) is 6.26 Å². The molecule has 0 spiro atoms. The number of nitrogens with zero attached hydrogens (tertiary/aromatic N) is 2. The van der Waals surface area contributed by atoms with Gasteiger partial charge in [-0.1, -0.05) is 37.3 Å². The SMILES string of the molecule is CC(CN1CCOCC1)c1ccc2c(c1)CN(C)CC2c1ccc2ccoc2c1. The smallest absolute Gasteiger partial charge is 0.134 e. The Morgan fingerprint density at radius 2 is 1.93 bits per heavy atom. The minimum Gasteiger partial charge on any atom is -0.464 e. The van der Waals surface area contributed by atoms with Gasteiger partial charge in [-0.2, -0.15) is 0 Å². The first-order chi connectivity index (χ1) is 14.2. The molecule has 4 heteroatoms. The quantitative estimate of drug-likeness (QED) is 0.658. The summed E-state index contributed by atoms with van der Waals surface area (Å²) in [6, 6.07) is 15.9. The number of ether oxygens (including phenoxy) is 1. The summed E-state index contributed by atoms with van der Waals surface area (Å²) in [5.74, 6) is 0.922. The topological polar surface area (TPSA) is 28.9 Å². The Labute approximate surface area is 173 Å². The zero-order chi connectivity index (χ0) is 19.8. The first-order valence-corrected chi connectivity index (χ1v) is 10.8. The van der Waals surface area contributed by atoms with E-state index in [4.69, 9.17) is 9.15 Å². The second-order valence-corrected chi connectivity index (χ2v) is 8.74. The molecule has 0 radical (unpaired) electrons. The van der Waals surface area contributed by atoms with Gasteiger partial charge < -0.3 is 14.1 Å². The average molecular weight is 391 g/mol. The van der Waals surface area contributed by atoms with Crippen LogP contribution in [0.2, 0.25) is 0 Å². The van der Waals surface area contributed by atoms with Crippen molar-refractivity contribution in [3.63, 3.8) is 0 Å². The molecule has 0 N–H and O–H groups in total. The fourth-order valence-electron chi connectivity index (χ4n) is 4.92. The van der Waals surface area contributed by atoms with Crippen LogP contribution in [0.15, 0.2) is 53.1 Å². The van der Waals surface area contributed by atoms with Crippen molar-refractivity contribution < 1.29 is 9.15 Å². The standard InChI is InChI=1S/C25H30N2O2/c1-18(15-27-8-11-28-12-9-27)20-5-6-23-22(13-20)16-26(2)17-24(23)21-4-3-19-7-10-29-25(19)14-21/h3-7,10,13-14,18,24H,8-9,11-12,15-17H2,1-2H3. The van der Waals surface area contributed by atoms with Crippen LogP contribution < -0.4 is 0 Å². The molecule has 4 nitrogen and oxygen atoms in total. The lowest BCUT2D eigenvalue weighted by atomic mass is 9.83. The highest BCUT2D eigenvalue weighted by Crippen LogP contribution is 2.36. The molecular formula is C25H30N2O2. The van der Waals surface area contributed by atoms with E-state index in [9.17, 15) is 0 Å². The van der Waals surface area contributed by atoms with E-state index in [0.29, 0.717) is 11.8 Å². The Hall–Kier alpha value is -2.14. The fraction of sp³-hybridized carbons (Fsp3) is 0.440. The number of benzene rings is 2. The second kappa shape index (κ2) is 7.94. The summed E-state index contributed by atoms with van der Waals surface area (Å²) in [5, 5.41) is 1.17. The van der Waals surface area contributed by atoms with Crippen molar-refractivity contribution in [2.24, 2.45) is 0 Å². The predicted molar refractivity (Wildman–Crippen MR) is 117 cm³/mol. The van der Waals surface area contributed by atoms with Crippen molar-refractivity contribution in [2.45, 2.75) is 25.3 Å². The van der Waals surface area contributed by atoms with Crippen LogP contribution in [0.4, 0.5) is 0 Å². The predicted octanol–water partition coefficient (Wildman–Crippen LogP) is 4.45. The molecule has 2 aliphatic rings. The van der Waals surface area contributed by atoms with E-state index in [2.05, 4.69) is 60.2 Å². The zero-order valence-electron chi connectivity index (χ0n) is 17.4. The molecule has 2 unspecified atom stereocenters. The van der Waals surface area contributed by atoms with Gasteiger partial charge in [0, 0.05) is 44.0 Å². The van der Waals surface area contributed by atoms with Crippen molar-refractivity contribution in [1.82, 2.24) is 9.80 Å². The Kier molecular flexibility index (Phi) is 5.17. The van der Waals surface area contributed by atoms with E-state index in [-0.39, 0.29) is 0 Å². The molecule has 0 amide bonds. The monoisotopic (exact) mass is 390 g/mol. The Morgan fingerprint density at radius 3 is 2.79 bits per heavy atom. The molecule has 3 aromatic rings. The first-order valence-electron chi connectivity index (χ1n) is 10.8. The maximum absolute atomic E-state index is 5.66. The van der Waals surface area contributed by atoms with Crippen LogP contribution in [0.1, 0.15) is 41.0 Å². The molecule has 5 rings (SSSR count). The first kappa shape index (κ1) is 18.9. The van der Waals surface area contributed by atoms with Crippen molar-refractivity contribution >= 4 is 11.0 Å². The molecule has 2 aliphatic heterocycles. The third-order valence-corrected chi connectivity index (χ3v) is 6.56. The number of rotatable bonds is 4. The molecule has 0 saturated carbocycles. The third-order valence-electron chi connectivity index (χ3n) is 6.56. The highest BCUT2D eigenvalue weighted by atomic mass is 16.5. The van der Waals surface area contributed by atoms with E-state index in [1.165, 1.54) is 27.6 Å². The highest BCUT2D eigenvalue weighted by Gasteiger charge is 2.26. The van der Waals surface area contributed by atoms with Gasteiger partial charge in [-0.15, -0.1) is 0 Å². The summed E-state index contributed by atoms with van der Waals surface area (Å²) < 4.78 is 11.2. The van der Waals surface area contributed by atoms with Gasteiger partial charge in [0.15, 0.2) is 0 Å². The fourth-order valence-corrected chi connectivity index (χ4v) is 4.92. The minimum absolute atomic E-state index is 0.391. The maximum atomic E-state index is 5.66. The summed E-state index contributed by atoms with van der Waals surface area (Å²) in [4.78, 5) is 4.97. The molecule has 1 aromatic heterocycles. The van der Waals surface area contributed by atoms with Gasteiger partial charge in [-0.3, -0.25) is 4.90 Å². The summed E-state index contributed by atoms with van der Waals surface area (Å²) in [6.45, 7) is 9.36. The third kappa shape index (κ3) is 3.85. The van der Waals surface area contributed by atoms with Gasteiger partial charge in [0.25, 0.3) is 0 Å². The lowest BCUT2D eigenvalue weighted by Crippen LogP contribution is -2.38. The molecule has 3 heterocycles. The van der Waals surface area contributed by atoms with Crippen molar-refractivity contribution in [3.8, 4) is 0 Å². The van der Waals surface area contributed by atoms with Crippen LogP contribution in [-0.2, 0) is 11.3 Å². The molecule has 0 bridgehead atoms. The van der Waals surface area contributed by atoms with Crippen LogP contribution in [0, 0.1) is 0 Å². The molecule has 29 heavy (non-hydrogen) atoms. The number of fused-ring (bicyclic) bond motifs is 2. The van der Waals surface area contributed by atoms with Gasteiger partial charge in [0.1, 0.15) is 5.58 Å². The van der Waals surface area contributed by atoms with Gasteiger partial charge >= 0.3 is 0 Å². The summed E-state index contributed by atoms with van der Waals surface area (Å²) in [5.41, 5.74) is 6.71. The second-order valence-electron chi connectivity index (χ2n) is 8.74. The molecular weight excluding hydrogens is 360 g/mol. The van der Waals surface area contributed by atoms with Crippen LogP contribution in [-0.4, -0.2) is 56.2 Å². The van der Waals surface area contributed by atoms with Gasteiger partial charge in [0.05, 0.1) is 19.5 Å². The van der Waals surface area contributed by atoms with Crippen molar-refractivity contribution in [3.05, 3.63) is 71.0 Å². The Balaban J connectivity index is 1.42. The van der Waals surface area contributed by atoms with Gasteiger partial charge in [0.2, 0.25) is 0 Å². The number of likely N-dealkylation sites (N-methyl/N-ethyl adjacent to an activating group) is 1. The normalized spacial score (nSPS) is 21.9. The summed E-state index contributed by atoms with van der Waals surface area (Å²) in [7, 11) is 2.23. The molecule has 2 atom stereocenters. The lowest BCUT2D eigenvalue weighted by Gasteiger charge is -2.34. The van der Waals surface area contributed by atoms with Crippen molar-refractivity contribution in [2.75, 3.05) is 46.4 Å². The molecule has 2 aromatic carbocycles. The highest BCUT2D eigenvalue weighted by molar-refractivity contribution is 5.78. The van der Waals surface area contributed by atoms with Crippen LogP contribution in [0.5, 0.6) is 0 Å². The molecule has 152 valence electrons. The van der Waals surface area contributed by atoms with Crippen LogP contribution in [0.25, 0.3) is 11.0 Å². The Bertz CT molecular complexity index is 989. The van der Waals surface area contributed by atoms with Gasteiger partial charge in [-0.25, -0.2) is 0 Å². The number of hydrogen-bond acceptors (Lipinski definition) is 4. The zero-order valence-corrected chi connectivity index (χ0v) is 17.4. The molecule has 0 aliphatic carbocycles. The number of morpholine rings is 1. The maximum Gasteiger partial charge on any atom is 0.134 e. The van der Waals surface area contributed by atoms with Gasteiger partial charge in [-0.05, 0) is 47.4 Å². The molecule has 1 fully saturated rings. The number of hydrogen-bond donors (Lipinski definition) is 0. The van der Waals surface area contributed by atoms with Crippen LogP contribution in [0.3, 0.4) is 0 Å². The Morgan fingerprint density at radius 1 is 1.07 bits per heavy atom. The minimum atomic E-state index is 0.391. The summed E-state index contributed by atoms with van der Waals surface area (Å²) in [6.07, 6.45) is 1.78.